The van der Waals surface area contributed by atoms with Crippen LogP contribution in [-0.2, 0) is 4.79 Å². The average Bonchev–Trinajstić information content (AvgIpc) is 2.01. The first-order valence-electron chi connectivity index (χ1n) is 3.18. The Bertz CT molecular complexity index is 358. The maximum absolute atomic E-state index is 12.8. The lowest BCUT2D eigenvalue weighted by Gasteiger charge is -1.99. The van der Waals surface area contributed by atoms with Gasteiger partial charge in [-0.3, -0.25) is 0 Å². The van der Waals surface area contributed by atoms with Gasteiger partial charge in [-0.15, -0.1) is 0 Å². The van der Waals surface area contributed by atoms with Crippen molar-refractivity contribution in [2.24, 2.45) is 4.99 Å². The zero-order valence-corrected chi connectivity index (χ0v) is 7.85. The van der Waals surface area contributed by atoms with E-state index in [0.717, 1.165) is 0 Å². The summed E-state index contributed by atoms with van der Waals surface area (Å²) >= 11 is 3.07. The Morgan fingerprint density at radius 1 is 1.58 bits per heavy atom. The van der Waals surface area contributed by atoms with Gasteiger partial charge in [0.15, 0.2) is 0 Å². The topological polar surface area (TPSA) is 29.4 Å². The minimum Gasteiger partial charge on any atom is -0.211 e. The van der Waals surface area contributed by atoms with Gasteiger partial charge in [0.1, 0.15) is 5.82 Å². The summed E-state index contributed by atoms with van der Waals surface area (Å²) in [5.74, 6) is -0.327. The number of hydrogen-bond donors (Lipinski definition) is 0. The maximum atomic E-state index is 12.8. The van der Waals surface area contributed by atoms with Gasteiger partial charge < -0.3 is 0 Å². The van der Waals surface area contributed by atoms with E-state index >= 15 is 0 Å². The van der Waals surface area contributed by atoms with E-state index in [1.54, 1.807) is 6.92 Å². The Hall–Kier alpha value is -0.990. The van der Waals surface area contributed by atoms with Crippen LogP contribution in [0.4, 0.5) is 10.1 Å². The molecule has 0 N–H and O–H groups in total. The number of benzene rings is 1. The Labute approximate surface area is 77.3 Å². The molecule has 1 rings (SSSR count). The Morgan fingerprint density at radius 2 is 2.25 bits per heavy atom. The van der Waals surface area contributed by atoms with Crippen LogP contribution in [0.1, 0.15) is 5.56 Å². The number of aryl methyl sites for hydroxylation is 1. The van der Waals surface area contributed by atoms with E-state index in [0.29, 0.717) is 15.7 Å². The number of nitrogens with zero attached hydrogens (tertiary/aromatic N) is 1. The highest BCUT2D eigenvalue weighted by Crippen LogP contribution is 2.27. The van der Waals surface area contributed by atoms with Crippen LogP contribution in [0.3, 0.4) is 0 Å². The molecule has 0 aliphatic carbocycles. The summed E-state index contributed by atoms with van der Waals surface area (Å²) in [7, 11) is 0. The fourth-order valence-electron chi connectivity index (χ4n) is 0.777. The van der Waals surface area contributed by atoms with Crippen molar-refractivity contribution in [1.82, 2.24) is 0 Å². The summed E-state index contributed by atoms with van der Waals surface area (Å²) < 4.78 is 13.3. The van der Waals surface area contributed by atoms with Gasteiger partial charge in [-0.05, 0) is 40.5 Å². The molecule has 1 aromatic rings. The van der Waals surface area contributed by atoms with Gasteiger partial charge >= 0.3 is 0 Å². The van der Waals surface area contributed by atoms with Crippen LogP contribution in [0.25, 0.3) is 0 Å². The second-order valence-corrected chi connectivity index (χ2v) is 3.11. The normalized spacial score (nSPS) is 9.25. The first kappa shape index (κ1) is 9.10. The highest BCUT2D eigenvalue weighted by Gasteiger charge is 2.03. The summed E-state index contributed by atoms with van der Waals surface area (Å²) in [6.45, 7) is 1.60. The van der Waals surface area contributed by atoms with E-state index in [4.69, 9.17) is 0 Å². The Morgan fingerprint density at radius 3 is 2.83 bits per heavy atom. The molecule has 0 aromatic heterocycles. The van der Waals surface area contributed by atoms with Crippen LogP contribution >= 0.6 is 15.9 Å². The number of aliphatic imine (C=N–C) groups is 1. The molecule has 62 valence electrons. The van der Waals surface area contributed by atoms with Crippen molar-refractivity contribution in [3.8, 4) is 0 Å². The average molecular weight is 230 g/mol. The van der Waals surface area contributed by atoms with Crippen LogP contribution < -0.4 is 0 Å². The molecular formula is C8H5BrFNO. The van der Waals surface area contributed by atoms with Crippen molar-refractivity contribution in [2.45, 2.75) is 6.92 Å². The maximum Gasteiger partial charge on any atom is 0.240 e. The van der Waals surface area contributed by atoms with E-state index in [2.05, 4.69) is 20.9 Å². The first-order chi connectivity index (χ1) is 5.65. The predicted molar refractivity (Wildman–Crippen MR) is 46.6 cm³/mol. The van der Waals surface area contributed by atoms with Gasteiger partial charge in [0.2, 0.25) is 6.08 Å². The number of hydrogen-bond acceptors (Lipinski definition) is 2. The Balaban J connectivity index is 3.32. The number of isocyanates is 1. The van der Waals surface area contributed by atoms with Gasteiger partial charge in [0, 0.05) is 4.47 Å². The van der Waals surface area contributed by atoms with Crippen molar-refractivity contribution < 1.29 is 9.18 Å². The van der Waals surface area contributed by atoms with Crippen LogP contribution in [-0.4, -0.2) is 6.08 Å². The van der Waals surface area contributed by atoms with Crippen LogP contribution in [0, 0.1) is 12.7 Å². The molecule has 0 spiro atoms. The zero-order chi connectivity index (χ0) is 9.14. The quantitative estimate of drug-likeness (QED) is 0.538. The third-order valence-electron chi connectivity index (χ3n) is 1.39. The lowest BCUT2D eigenvalue weighted by atomic mass is 10.2. The van der Waals surface area contributed by atoms with Gasteiger partial charge in [-0.2, -0.15) is 4.99 Å². The predicted octanol–water partition coefficient (Wildman–Crippen LogP) is 2.86. The van der Waals surface area contributed by atoms with E-state index < -0.39 is 0 Å². The fraction of sp³-hybridized carbons (Fsp3) is 0.125. The van der Waals surface area contributed by atoms with Crippen molar-refractivity contribution in [3.63, 3.8) is 0 Å². The SMILES string of the molecule is Cc1cc(N=C=O)c(Br)cc1F. The smallest absolute Gasteiger partial charge is 0.211 e. The van der Waals surface area contributed by atoms with E-state index in [-0.39, 0.29) is 5.82 Å². The van der Waals surface area contributed by atoms with Gasteiger partial charge in [-0.25, -0.2) is 9.18 Å². The van der Waals surface area contributed by atoms with Gasteiger partial charge in [0.25, 0.3) is 0 Å². The Kier molecular flexibility index (Phi) is 2.74. The highest BCUT2D eigenvalue weighted by atomic mass is 79.9. The van der Waals surface area contributed by atoms with Gasteiger partial charge in [-0.1, -0.05) is 0 Å². The van der Waals surface area contributed by atoms with Crippen molar-refractivity contribution in [1.29, 1.82) is 0 Å². The first-order valence-corrected chi connectivity index (χ1v) is 3.98. The molecule has 0 atom stereocenters. The third kappa shape index (κ3) is 1.78. The lowest BCUT2D eigenvalue weighted by Crippen LogP contribution is -1.81. The molecule has 12 heavy (non-hydrogen) atoms. The van der Waals surface area contributed by atoms with Crippen LogP contribution in [0.2, 0.25) is 0 Å². The molecule has 0 amide bonds. The molecule has 0 radical (unpaired) electrons. The summed E-state index contributed by atoms with van der Waals surface area (Å²) in [5.41, 5.74) is 0.844. The molecule has 0 saturated carbocycles. The lowest BCUT2D eigenvalue weighted by molar-refractivity contribution is 0.565. The third-order valence-corrected chi connectivity index (χ3v) is 2.03. The molecule has 0 saturated heterocycles. The molecule has 0 aliphatic heterocycles. The van der Waals surface area contributed by atoms with Crippen LogP contribution in [0.15, 0.2) is 21.6 Å². The van der Waals surface area contributed by atoms with Crippen molar-refractivity contribution in [2.75, 3.05) is 0 Å². The zero-order valence-electron chi connectivity index (χ0n) is 6.27. The minimum absolute atomic E-state index is 0.327. The molecule has 0 unspecified atom stereocenters. The molecule has 0 fully saturated rings. The number of halogens is 2. The molecule has 0 aliphatic rings. The molecule has 2 nitrogen and oxygen atoms in total. The monoisotopic (exact) mass is 229 g/mol. The number of carbonyl (C=O) groups excluding carboxylic acids is 1. The highest BCUT2D eigenvalue weighted by molar-refractivity contribution is 9.10. The van der Waals surface area contributed by atoms with E-state index in [9.17, 15) is 9.18 Å². The summed E-state index contributed by atoms with van der Waals surface area (Å²) in [6.07, 6.45) is 1.39. The molecule has 1 aromatic carbocycles. The van der Waals surface area contributed by atoms with Crippen LogP contribution in [0.5, 0.6) is 0 Å². The van der Waals surface area contributed by atoms with E-state index in [1.165, 1.54) is 18.2 Å². The minimum atomic E-state index is -0.327. The van der Waals surface area contributed by atoms with Crippen molar-refractivity contribution in [3.05, 3.63) is 28.0 Å². The van der Waals surface area contributed by atoms with Gasteiger partial charge in [0.05, 0.1) is 5.69 Å². The number of rotatable bonds is 1. The fourth-order valence-corrected chi connectivity index (χ4v) is 1.18. The second-order valence-electron chi connectivity index (χ2n) is 2.26. The largest absolute Gasteiger partial charge is 0.240 e. The summed E-state index contributed by atoms with van der Waals surface area (Å²) in [5, 5.41) is 0. The van der Waals surface area contributed by atoms with E-state index in [1.807, 2.05) is 0 Å². The van der Waals surface area contributed by atoms with Crippen molar-refractivity contribution >= 4 is 27.7 Å². The molecular weight excluding hydrogens is 225 g/mol. The molecule has 0 bridgehead atoms. The molecule has 4 heteroatoms. The molecule has 0 heterocycles. The standard InChI is InChI=1S/C8H5BrFNO/c1-5-2-8(11-4-12)6(9)3-7(5)10/h2-3H,1H3. The summed E-state index contributed by atoms with van der Waals surface area (Å²) in [4.78, 5) is 13.3. The second kappa shape index (κ2) is 3.61. The summed E-state index contributed by atoms with van der Waals surface area (Å²) in [6, 6.07) is 2.75.